The van der Waals surface area contributed by atoms with Crippen molar-refractivity contribution in [2.45, 2.75) is 56.6 Å². The lowest BCUT2D eigenvalue weighted by Crippen LogP contribution is -2.34. The predicted molar refractivity (Wildman–Crippen MR) is 81.0 cm³/mol. The molecule has 0 spiro atoms. The molecule has 0 bridgehead atoms. The van der Waals surface area contributed by atoms with Gasteiger partial charge in [-0.15, -0.1) is 0 Å². The fourth-order valence-corrected chi connectivity index (χ4v) is 3.54. The molecule has 1 atom stereocenters. The van der Waals surface area contributed by atoms with Crippen molar-refractivity contribution in [3.63, 3.8) is 0 Å². The first kappa shape index (κ1) is 16.4. The molecule has 0 aromatic heterocycles. The van der Waals surface area contributed by atoms with Crippen LogP contribution in [0.5, 0.6) is 0 Å². The molecule has 1 aromatic carbocycles. The molecule has 0 amide bonds. The molecular formula is C15H23FN2O2S. The molecule has 0 heterocycles. The van der Waals surface area contributed by atoms with Gasteiger partial charge >= 0.3 is 0 Å². The number of sulfonamides is 1. The second-order valence-electron chi connectivity index (χ2n) is 5.69. The van der Waals surface area contributed by atoms with Crippen LogP contribution < -0.4 is 5.32 Å². The normalized spacial score (nSPS) is 17.2. The third-order valence-corrected chi connectivity index (χ3v) is 6.03. The maximum atomic E-state index is 13.8. The number of benzene rings is 1. The predicted octanol–water partition coefficient (Wildman–Crippen LogP) is 2.50. The summed E-state index contributed by atoms with van der Waals surface area (Å²) in [5.41, 5.74) is 0.403. The van der Waals surface area contributed by atoms with Crippen LogP contribution in [-0.2, 0) is 16.6 Å². The number of hydrogen-bond acceptors (Lipinski definition) is 3. The van der Waals surface area contributed by atoms with Crippen LogP contribution in [0.2, 0.25) is 0 Å². The van der Waals surface area contributed by atoms with Crippen LogP contribution in [0.25, 0.3) is 0 Å². The first-order chi connectivity index (χ1) is 9.86. The Balaban J connectivity index is 2.23. The molecule has 4 nitrogen and oxygen atoms in total. The zero-order valence-electron chi connectivity index (χ0n) is 12.8. The van der Waals surface area contributed by atoms with E-state index >= 15 is 0 Å². The first-order valence-corrected chi connectivity index (χ1v) is 8.80. The second-order valence-corrected chi connectivity index (χ2v) is 7.68. The molecule has 1 saturated carbocycles. The van der Waals surface area contributed by atoms with Crippen LogP contribution in [-0.4, -0.2) is 31.9 Å². The van der Waals surface area contributed by atoms with Crippen molar-refractivity contribution in [2.75, 3.05) is 7.05 Å². The number of rotatable bonds is 7. The van der Waals surface area contributed by atoms with Gasteiger partial charge in [-0.3, -0.25) is 0 Å². The van der Waals surface area contributed by atoms with Crippen molar-refractivity contribution < 1.29 is 12.8 Å². The van der Waals surface area contributed by atoms with Crippen LogP contribution in [0, 0.1) is 5.82 Å². The van der Waals surface area contributed by atoms with Gasteiger partial charge in [0.1, 0.15) is 5.82 Å². The van der Waals surface area contributed by atoms with Gasteiger partial charge in [-0.25, -0.2) is 12.8 Å². The lowest BCUT2D eigenvalue weighted by molar-refractivity contribution is 0.380. The van der Waals surface area contributed by atoms with Crippen molar-refractivity contribution in [1.82, 2.24) is 9.62 Å². The Bertz CT molecular complexity index is 600. The quantitative estimate of drug-likeness (QED) is 0.841. The van der Waals surface area contributed by atoms with E-state index in [1.165, 1.54) is 22.5 Å². The van der Waals surface area contributed by atoms with Crippen molar-refractivity contribution >= 4 is 10.0 Å². The Morgan fingerprint density at radius 1 is 1.43 bits per heavy atom. The summed E-state index contributed by atoms with van der Waals surface area (Å²) < 4.78 is 40.2. The van der Waals surface area contributed by atoms with Gasteiger partial charge in [0, 0.05) is 31.2 Å². The van der Waals surface area contributed by atoms with Gasteiger partial charge in [0.15, 0.2) is 0 Å². The van der Waals surface area contributed by atoms with Crippen LogP contribution >= 0.6 is 0 Å². The van der Waals surface area contributed by atoms with Crippen molar-refractivity contribution in [2.24, 2.45) is 0 Å². The van der Waals surface area contributed by atoms with E-state index in [9.17, 15) is 12.8 Å². The third kappa shape index (κ3) is 3.81. The summed E-state index contributed by atoms with van der Waals surface area (Å²) in [5.74, 6) is -0.367. The molecule has 1 aromatic rings. The Hall–Kier alpha value is -0.980. The zero-order valence-corrected chi connectivity index (χ0v) is 13.6. The van der Waals surface area contributed by atoms with Crippen LogP contribution in [0.1, 0.15) is 38.7 Å². The maximum absolute atomic E-state index is 13.8. The molecule has 0 aliphatic heterocycles. The van der Waals surface area contributed by atoms with E-state index in [0.717, 1.165) is 19.3 Å². The molecule has 6 heteroatoms. The van der Waals surface area contributed by atoms with Crippen LogP contribution in [0.15, 0.2) is 23.1 Å². The Kier molecular flexibility index (Phi) is 5.01. The average molecular weight is 314 g/mol. The highest BCUT2D eigenvalue weighted by atomic mass is 32.2. The van der Waals surface area contributed by atoms with Crippen LogP contribution in [0.3, 0.4) is 0 Å². The highest BCUT2D eigenvalue weighted by Gasteiger charge is 2.26. The first-order valence-electron chi connectivity index (χ1n) is 7.36. The summed E-state index contributed by atoms with van der Waals surface area (Å²) in [4.78, 5) is 0.152. The van der Waals surface area contributed by atoms with Gasteiger partial charge in [0.25, 0.3) is 0 Å². The topological polar surface area (TPSA) is 49.4 Å². The Morgan fingerprint density at radius 3 is 2.67 bits per heavy atom. The molecule has 1 fully saturated rings. The smallest absolute Gasteiger partial charge is 0.243 e. The molecule has 0 radical (unpaired) electrons. The number of hydrogen-bond donors (Lipinski definition) is 1. The summed E-state index contributed by atoms with van der Waals surface area (Å²) in [5, 5.41) is 3.21. The van der Waals surface area contributed by atoms with Crippen molar-refractivity contribution in [1.29, 1.82) is 0 Å². The van der Waals surface area contributed by atoms with Crippen molar-refractivity contribution in [3.8, 4) is 0 Å². The molecule has 2 rings (SSSR count). The van der Waals surface area contributed by atoms with E-state index in [2.05, 4.69) is 5.32 Å². The minimum Gasteiger partial charge on any atom is -0.310 e. The molecule has 1 aliphatic carbocycles. The van der Waals surface area contributed by atoms with E-state index in [-0.39, 0.29) is 16.8 Å². The molecule has 1 unspecified atom stereocenters. The van der Waals surface area contributed by atoms with E-state index in [4.69, 9.17) is 0 Å². The molecule has 1 aliphatic rings. The van der Waals surface area contributed by atoms with Crippen molar-refractivity contribution in [3.05, 3.63) is 29.6 Å². The van der Waals surface area contributed by atoms with Gasteiger partial charge in [-0.2, -0.15) is 4.31 Å². The summed E-state index contributed by atoms with van der Waals surface area (Å²) in [6.07, 6.45) is 2.94. The van der Waals surface area contributed by atoms with Gasteiger partial charge in [0.05, 0.1) is 4.90 Å². The minimum atomic E-state index is -3.57. The lowest BCUT2D eigenvalue weighted by atomic mass is 10.2. The van der Waals surface area contributed by atoms with E-state index < -0.39 is 10.0 Å². The van der Waals surface area contributed by atoms with Crippen LogP contribution in [0.4, 0.5) is 4.39 Å². The molecular weight excluding hydrogens is 291 g/mol. The van der Waals surface area contributed by atoms with E-state index in [1.54, 1.807) is 7.05 Å². The number of halogens is 1. The number of nitrogens with zero attached hydrogens (tertiary/aromatic N) is 1. The highest BCUT2D eigenvalue weighted by molar-refractivity contribution is 7.89. The Morgan fingerprint density at radius 2 is 2.10 bits per heavy atom. The van der Waals surface area contributed by atoms with Gasteiger partial charge in [-0.1, -0.05) is 6.92 Å². The molecule has 0 saturated heterocycles. The lowest BCUT2D eigenvalue weighted by Gasteiger charge is -2.23. The summed E-state index contributed by atoms with van der Waals surface area (Å²) in [6, 6.07) is 4.38. The molecule has 1 N–H and O–H groups in total. The average Bonchev–Trinajstić information content (AvgIpc) is 3.28. The summed E-state index contributed by atoms with van der Waals surface area (Å²) >= 11 is 0. The standard InChI is InChI=1S/C15H23FN2O2S/c1-4-11(2)18(3)21(19,20)14-7-8-15(16)12(9-14)10-17-13-5-6-13/h7-9,11,13,17H,4-6,10H2,1-3H3. The largest absolute Gasteiger partial charge is 0.310 e. The fourth-order valence-electron chi connectivity index (χ4n) is 2.05. The number of nitrogens with one attached hydrogen (secondary N) is 1. The van der Waals surface area contributed by atoms with E-state index in [1.807, 2.05) is 13.8 Å². The minimum absolute atomic E-state index is 0.0897. The van der Waals surface area contributed by atoms with Gasteiger partial charge in [0.2, 0.25) is 10.0 Å². The second kappa shape index (κ2) is 6.42. The SMILES string of the molecule is CCC(C)N(C)S(=O)(=O)c1ccc(F)c(CNC2CC2)c1. The fraction of sp³-hybridized carbons (Fsp3) is 0.600. The monoisotopic (exact) mass is 314 g/mol. The van der Waals surface area contributed by atoms with Gasteiger partial charge in [-0.05, 0) is 44.4 Å². The van der Waals surface area contributed by atoms with Gasteiger partial charge < -0.3 is 5.32 Å². The molecule has 21 heavy (non-hydrogen) atoms. The third-order valence-electron chi connectivity index (χ3n) is 4.06. The Labute approximate surface area is 126 Å². The zero-order chi connectivity index (χ0) is 15.6. The molecule has 118 valence electrons. The summed E-state index contributed by atoms with van der Waals surface area (Å²) in [7, 11) is -2.01. The maximum Gasteiger partial charge on any atom is 0.243 e. The van der Waals surface area contributed by atoms with E-state index in [0.29, 0.717) is 18.2 Å². The summed E-state index contributed by atoms with van der Waals surface area (Å²) in [6.45, 7) is 4.16. The highest BCUT2D eigenvalue weighted by Crippen LogP contribution is 2.23.